The molecule has 5 nitrogen and oxygen atoms in total. The molecule has 1 atom stereocenters. The van der Waals surface area contributed by atoms with Crippen molar-refractivity contribution >= 4 is 17.5 Å². The molecule has 6 heteroatoms. The standard InChI is InChI=1S/C19H24ClN3O2/c1-13-5-3-6-16(22-13)11-14(2)23-19(24)17-8-7-15(20)12-18(17)25-10-4-9-21/h3,5-8,12,14H,4,9-11,21H2,1-2H3,(H,23,24)/t14-/m1/s1. The highest BCUT2D eigenvalue weighted by molar-refractivity contribution is 6.30. The van der Waals surface area contributed by atoms with Crippen molar-refractivity contribution in [1.82, 2.24) is 10.3 Å². The first-order valence-electron chi connectivity index (χ1n) is 8.35. The Morgan fingerprint density at radius 1 is 1.36 bits per heavy atom. The molecule has 2 aromatic rings. The Morgan fingerprint density at radius 3 is 2.88 bits per heavy atom. The van der Waals surface area contributed by atoms with Crippen LogP contribution in [0.15, 0.2) is 36.4 Å². The number of nitrogens with one attached hydrogen (secondary N) is 1. The number of rotatable bonds is 8. The number of nitrogens with zero attached hydrogens (tertiary/aromatic N) is 1. The lowest BCUT2D eigenvalue weighted by Gasteiger charge is -2.16. The van der Waals surface area contributed by atoms with Crippen LogP contribution in [0.3, 0.4) is 0 Å². The number of pyridine rings is 1. The lowest BCUT2D eigenvalue weighted by Crippen LogP contribution is -2.34. The van der Waals surface area contributed by atoms with Gasteiger partial charge in [0.05, 0.1) is 12.2 Å². The Balaban J connectivity index is 2.04. The average molecular weight is 362 g/mol. The van der Waals surface area contributed by atoms with Crippen molar-refractivity contribution in [3.63, 3.8) is 0 Å². The van der Waals surface area contributed by atoms with Crippen LogP contribution < -0.4 is 15.8 Å². The number of hydrogen-bond acceptors (Lipinski definition) is 4. The van der Waals surface area contributed by atoms with E-state index in [9.17, 15) is 4.79 Å². The monoisotopic (exact) mass is 361 g/mol. The van der Waals surface area contributed by atoms with Crippen molar-refractivity contribution in [2.45, 2.75) is 32.7 Å². The summed E-state index contributed by atoms with van der Waals surface area (Å²) in [7, 11) is 0. The van der Waals surface area contributed by atoms with Crippen LogP contribution >= 0.6 is 11.6 Å². The molecule has 1 aromatic carbocycles. The van der Waals surface area contributed by atoms with Crippen LogP contribution in [-0.2, 0) is 6.42 Å². The van der Waals surface area contributed by atoms with Crippen LogP contribution in [0.5, 0.6) is 5.75 Å². The fourth-order valence-corrected chi connectivity index (χ4v) is 2.61. The van der Waals surface area contributed by atoms with Gasteiger partial charge in [0.15, 0.2) is 0 Å². The van der Waals surface area contributed by atoms with Gasteiger partial charge in [0.1, 0.15) is 5.75 Å². The average Bonchev–Trinajstić information content (AvgIpc) is 2.55. The maximum absolute atomic E-state index is 12.6. The normalized spacial score (nSPS) is 11.8. The summed E-state index contributed by atoms with van der Waals surface area (Å²) in [4.78, 5) is 17.1. The summed E-state index contributed by atoms with van der Waals surface area (Å²) in [6, 6.07) is 10.8. The number of hydrogen-bond donors (Lipinski definition) is 2. The molecule has 1 amide bonds. The van der Waals surface area contributed by atoms with Crippen molar-refractivity contribution < 1.29 is 9.53 Å². The van der Waals surface area contributed by atoms with Gasteiger partial charge in [-0.15, -0.1) is 0 Å². The molecule has 3 N–H and O–H groups in total. The first kappa shape index (κ1) is 19.2. The zero-order valence-electron chi connectivity index (χ0n) is 14.6. The van der Waals surface area contributed by atoms with Gasteiger partial charge in [-0.05, 0) is 57.1 Å². The molecule has 0 aliphatic heterocycles. The number of carbonyl (C=O) groups excluding carboxylic acids is 1. The number of amides is 1. The summed E-state index contributed by atoms with van der Waals surface area (Å²) in [5, 5.41) is 3.51. The SMILES string of the molecule is Cc1cccc(C[C@@H](C)NC(=O)c2ccc(Cl)cc2OCCCN)n1. The summed E-state index contributed by atoms with van der Waals surface area (Å²) in [5.41, 5.74) is 7.85. The lowest BCUT2D eigenvalue weighted by molar-refractivity contribution is 0.0936. The van der Waals surface area contributed by atoms with Gasteiger partial charge >= 0.3 is 0 Å². The first-order valence-corrected chi connectivity index (χ1v) is 8.73. The van der Waals surface area contributed by atoms with Gasteiger partial charge in [0, 0.05) is 28.9 Å². The Morgan fingerprint density at radius 2 is 2.16 bits per heavy atom. The highest BCUT2D eigenvalue weighted by Gasteiger charge is 2.16. The van der Waals surface area contributed by atoms with Crippen LogP contribution in [0.25, 0.3) is 0 Å². The third-order valence-corrected chi connectivity index (χ3v) is 3.87. The summed E-state index contributed by atoms with van der Waals surface area (Å²) in [6.07, 6.45) is 1.37. The predicted octanol–water partition coefficient (Wildman–Crippen LogP) is 3.13. The van der Waals surface area contributed by atoms with Crippen molar-refractivity contribution in [3.05, 3.63) is 58.4 Å². The zero-order valence-corrected chi connectivity index (χ0v) is 15.3. The number of nitrogens with two attached hydrogens (primary N) is 1. The molecule has 0 unspecified atom stereocenters. The lowest BCUT2D eigenvalue weighted by atomic mass is 10.1. The second kappa shape index (κ2) is 9.39. The molecule has 0 aliphatic carbocycles. The molecule has 0 spiro atoms. The second-order valence-corrected chi connectivity index (χ2v) is 6.42. The van der Waals surface area contributed by atoms with E-state index < -0.39 is 0 Å². The first-order chi connectivity index (χ1) is 12.0. The van der Waals surface area contributed by atoms with Gasteiger partial charge < -0.3 is 15.8 Å². The zero-order chi connectivity index (χ0) is 18.2. The van der Waals surface area contributed by atoms with Crippen LogP contribution in [0.4, 0.5) is 0 Å². The molecule has 0 saturated heterocycles. The largest absolute Gasteiger partial charge is 0.493 e. The van der Waals surface area contributed by atoms with E-state index in [2.05, 4.69) is 10.3 Å². The number of carbonyl (C=O) groups is 1. The van der Waals surface area contributed by atoms with E-state index in [4.69, 9.17) is 22.1 Å². The molecule has 0 aliphatic rings. The van der Waals surface area contributed by atoms with E-state index in [0.29, 0.717) is 42.3 Å². The number of aryl methyl sites for hydroxylation is 1. The molecule has 0 radical (unpaired) electrons. The van der Waals surface area contributed by atoms with Gasteiger partial charge in [-0.1, -0.05) is 17.7 Å². The fourth-order valence-electron chi connectivity index (χ4n) is 2.45. The van der Waals surface area contributed by atoms with Crippen LogP contribution in [0.1, 0.15) is 35.1 Å². The molecule has 0 fully saturated rings. The number of ether oxygens (including phenoxy) is 1. The van der Waals surface area contributed by atoms with E-state index in [1.807, 2.05) is 32.0 Å². The molecular weight excluding hydrogens is 338 g/mol. The van der Waals surface area contributed by atoms with E-state index in [1.54, 1.807) is 18.2 Å². The number of aromatic nitrogens is 1. The van der Waals surface area contributed by atoms with Gasteiger partial charge in [0.2, 0.25) is 0 Å². The van der Waals surface area contributed by atoms with Crippen molar-refractivity contribution in [2.24, 2.45) is 5.73 Å². The van der Waals surface area contributed by atoms with Crippen LogP contribution in [0.2, 0.25) is 5.02 Å². The van der Waals surface area contributed by atoms with E-state index in [0.717, 1.165) is 11.4 Å². The van der Waals surface area contributed by atoms with E-state index in [-0.39, 0.29) is 11.9 Å². The summed E-state index contributed by atoms with van der Waals surface area (Å²) >= 11 is 6.02. The highest BCUT2D eigenvalue weighted by atomic mass is 35.5. The van der Waals surface area contributed by atoms with Gasteiger partial charge in [-0.25, -0.2) is 0 Å². The molecular formula is C19H24ClN3O2. The number of halogens is 1. The van der Waals surface area contributed by atoms with Crippen molar-refractivity contribution in [1.29, 1.82) is 0 Å². The third-order valence-electron chi connectivity index (χ3n) is 3.63. The molecule has 0 saturated carbocycles. The fraction of sp³-hybridized carbons (Fsp3) is 0.368. The van der Waals surface area contributed by atoms with Gasteiger partial charge in [-0.3, -0.25) is 9.78 Å². The Bertz CT molecular complexity index is 722. The van der Waals surface area contributed by atoms with E-state index in [1.165, 1.54) is 0 Å². The summed E-state index contributed by atoms with van der Waals surface area (Å²) < 4.78 is 5.66. The molecule has 134 valence electrons. The number of benzene rings is 1. The third kappa shape index (κ3) is 6.03. The molecule has 25 heavy (non-hydrogen) atoms. The van der Waals surface area contributed by atoms with Gasteiger partial charge in [-0.2, -0.15) is 0 Å². The Kier molecular flexibility index (Phi) is 7.22. The quantitative estimate of drug-likeness (QED) is 0.708. The maximum atomic E-state index is 12.6. The minimum Gasteiger partial charge on any atom is -0.493 e. The molecule has 1 aromatic heterocycles. The van der Waals surface area contributed by atoms with Gasteiger partial charge in [0.25, 0.3) is 5.91 Å². The maximum Gasteiger partial charge on any atom is 0.255 e. The van der Waals surface area contributed by atoms with Crippen LogP contribution in [0, 0.1) is 6.92 Å². The smallest absolute Gasteiger partial charge is 0.255 e. The summed E-state index contributed by atoms with van der Waals surface area (Å²) in [6.45, 7) is 4.88. The molecule has 0 bridgehead atoms. The minimum atomic E-state index is -0.195. The van der Waals surface area contributed by atoms with Crippen LogP contribution in [-0.4, -0.2) is 30.1 Å². The second-order valence-electron chi connectivity index (χ2n) is 5.98. The highest BCUT2D eigenvalue weighted by Crippen LogP contribution is 2.24. The Labute approximate surface area is 153 Å². The predicted molar refractivity (Wildman–Crippen MR) is 100 cm³/mol. The van der Waals surface area contributed by atoms with Crippen molar-refractivity contribution in [3.8, 4) is 5.75 Å². The minimum absolute atomic E-state index is 0.0608. The Hall–Kier alpha value is -2.11. The molecule has 2 rings (SSSR count). The summed E-state index contributed by atoms with van der Waals surface area (Å²) in [5.74, 6) is 0.277. The van der Waals surface area contributed by atoms with Crippen molar-refractivity contribution in [2.75, 3.05) is 13.2 Å². The topological polar surface area (TPSA) is 77.2 Å². The van der Waals surface area contributed by atoms with E-state index >= 15 is 0 Å². The molecule has 1 heterocycles.